The van der Waals surface area contributed by atoms with Crippen LogP contribution in [0.2, 0.25) is 0 Å². The van der Waals surface area contributed by atoms with Crippen LogP contribution in [0.1, 0.15) is 22.9 Å². The third kappa shape index (κ3) is 4.18. The van der Waals surface area contributed by atoms with Gasteiger partial charge in [0, 0.05) is 36.6 Å². The number of hydrogen-bond donors (Lipinski definition) is 2. The number of hydrogen-bond acceptors (Lipinski definition) is 6. The fraction of sp³-hybridized carbons (Fsp3) is 0.318. The molecule has 10 heteroatoms. The summed E-state index contributed by atoms with van der Waals surface area (Å²) in [5.41, 5.74) is 6.74. The number of nitrogens with two attached hydrogens (primary N) is 1. The maximum atomic E-state index is 13.3. The Morgan fingerprint density at radius 1 is 1.19 bits per heavy atom. The first-order valence-electron chi connectivity index (χ1n) is 10.1. The number of likely N-dealkylation sites (N-methyl/N-ethyl adjacent to an activating group) is 1. The Morgan fingerprint density at radius 2 is 1.97 bits per heavy atom. The first kappa shape index (κ1) is 21.8. The van der Waals surface area contributed by atoms with Gasteiger partial charge in [-0.2, -0.15) is 18.3 Å². The number of alkyl halides is 3. The number of nitrogens with one attached hydrogen (secondary N) is 1. The second-order valence-corrected chi connectivity index (χ2v) is 7.84. The lowest BCUT2D eigenvalue weighted by Crippen LogP contribution is -2.48. The summed E-state index contributed by atoms with van der Waals surface area (Å²) in [4.78, 5) is 15.8. The number of nitrogens with zero attached hydrogens (tertiary/aromatic N) is 4. The van der Waals surface area contributed by atoms with E-state index in [4.69, 9.17) is 5.73 Å². The molecule has 1 fully saturated rings. The van der Waals surface area contributed by atoms with Gasteiger partial charge in [0.15, 0.2) is 5.82 Å². The van der Waals surface area contributed by atoms with E-state index in [1.165, 1.54) is 13.0 Å². The molecule has 0 unspecified atom stereocenters. The molecule has 0 saturated carbocycles. The molecule has 2 aromatic carbocycles. The standard InChI is InChI=1S/C22H23F3N6O/c1-13-16(4-3-5-18(13)22(23,24)25)20(26)28-21-17-10-15(7-6-14(17)11-27-29-21)31-9-8-30(2)19(32)12-31/h3-7,10-11,20H,8-9,12,26H2,1-2H3,(H,28,29)/t20-/m0/s1. The van der Waals surface area contributed by atoms with Crippen LogP contribution in [0, 0.1) is 6.92 Å². The molecule has 1 saturated heterocycles. The fourth-order valence-corrected chi connectivity index (χ4v) is 3.87. The predicted molar refractivity (Wildman–Crippen MR) is 116 cm³/mol. The molecule has 0 aliphatic carbocycles. The van der Waals surface area contributed by atoms with Crippen molar-refractivity contribution in [2.75, 3.05) is 36.9 Å². The smallest absolute Gasteiger partial charge is 0.360 e. The van der Waals surface area contributed by atoms with Crippen LogP contribution in [0.5, 0.6) is 0 Å². The van der Waals surface area contributed by atoms with E-state index in [1.54, 1.807) is 24.2 Å². The molecule has 1 aromatic heterocycles. The summed E-state index contributed by atoms with van der Waals surface area (Å²) in [5, 5.41) is 12.6. The number of benzene rings is 2. The minimum absolute atomic E-state index is 0.0320. The van der Waals surface area contributed by atoms with Crippen molar-refractivity contribution in [3.63, 3.8) is 0 Å². The highest BCUT2D eigenvalue weighted by Crippen LogP contribution is 2.35. The average molecular weight is 444 g/mol. The summed E-state index contributed by atoms with van der Waals surface area (Å²) in [5.74, 6) is 0.388. The summed E-state index contributed by atoms with van der Waals surface area (Å²) >= 11 is 0. The van der Waals surface area contributed by atoms with Crippen LogP contribution >= 0.6 is 0 Å². The van der Waals surface area contributed by atoms with Gasteiger partial charge in [-0.05, 0) is 36.2 Å². The number of anilines is 2. The number of fused-ring (bicyclic) bond motifs is 1. The minimum Gasteiger partial charge on any atom is -0.360 e. The van der Waals surface area contributed by atoms with Crippen LogP contribution in [-0.4, -0.2) is 47.7 Å². The number of piperazine rings is 1. The van der Waals surface area contributed by atoms with Crippen molar-refractivity contribution in [2.45, 2.75) is 19.3 Å². The van der Waals surface area contributed by atoms with Crippen molar-refractivity contribution in [1.82, 2.24) is 15.1 Å². The van der Waals surface area contributed by atoms with Crippen molar-refractivity contribution < 1.29 is 18.0 Å². The van der Waals surface area contributed by atoms with Gasteiger partial charge in [0.05, 0.1) is 18.3 Å². The molecule has 1 atom stereocenters. The molecule has 7 nitrogen and oxygen atoms in total. The summed E-state index contributed by atoms with van der Waals surface area (Å²) < 4.78 is 39.9. The third-order valence-corrected chi connectivity index (χ3v) is 5.78. The van der Waals surface area contributed by atoms with Crippen LogP contribution in [0.25, 0.3) is 10.8 Å². The van der Waals surface area contributed by atoms with Crippen molar-refractivity contribution in [2.24, 2.45) is 5.73 Å². The normalized spacial score (nSPS) is 15.9. The highest BCUT2D eigenvalue weighted by atomic mass is 19.4. The molecule has 2 heterocycles. The van der Waals surface area contributed by atoms with E-state index in [2.05, 4.69) is 15.5 Å². The molecule has 0 radical (unpaired) electrons. The van der Waals surface area contributed by atoms with Crippen LogP contribution in [-0.2, 0) is 11.0 Å². The van der Waals surface area contributed by atoms with Crippen LogP contribution in [0.4, 0.5) is 24.7 Å². The van der Waals surface area contributed by atoms with E-state index < -0.39 is 17.9 Å². The molecule has 4 rings (SSSR count). The Labute approximate surface area is 183 Å². The van der Waals surface area contributed by atoms with Gasteiger partial charge in [0.2, 0.25) is 5.91 Å². The van der Waals surface area contributed by atoms with Gasteiger partial charge in [-0.15, -0.1) is 5.10 Å². The van der Waals surface area contributed by atoms with Gasteiger partial charge >= 0.3 is 6.18 Å². The monoisotopic (exact) mass is 444 g/mol. The SMILES string of the molecule is Cc1c([C@@H](N)Nc2nncc3ccc(N4CCN(C)C(=O)C4)cc23)cccc1C(F)(F)F. The molecular weight excluding hydrogens is 421 g/mol. The number of halogens is 3. The van der Waals surface area contributed by atoms with E-state index in [9.17, 15) is 18.0 Å². The Morgan fingerprint density at radius 3 is 2.69 bits per heavy atom. The Bertz CT molecular complexity index is 1170. The summed E-state index contributed by atoms with van der Waals surface area (Å²) in [6.07, 6.45) is -3.79. The van der Waals surface area contributed by atoms with Gasteiger partial charge in [0.1, 0.15) is 6.17 Å². The van der Waals surface area contributed by atoms with E-state index >= 15 is 0 Å². The zero-order valence-corrected chi connectivity index (χ0v) is 17.6. The minimum atomic E-state index is -4.46. The van der Waals surface area contributed by atoms with Gasteiger partial charge in [0.25, 0.3) is 0 Å². The number of rotatable bonds is 4. The number of amides is 1. The number of aromatic nitrogens is 2. The highest BCUT2D eigenvalue weighted by Gasteiger charge is 2.33. The van der Waals surface area contributed by atoms with E-state index in [0.29, 0.717) is 29.9 Å². The van der Waals surface area contributed by atoms with Gasteiger partial charge in [-0.25, -0.2) is 0 Å². The largest absolute Gasteiger partial charge is 0.416 e. The number of carbonyl (C=O) groups is 1. The summed E-state index contributed by atoms with van der Waals surface area (Å²) in [6.45, 7) is 2.98. The molecule has 32 heavy (non-hydrogen) atoms. The molecule has 1 aliphatic rings. The highest BCUT2D eigenvalue weighted by molar-refractivity contribution is 5.94. The average Bonchev–Trinajstić information content (AvgIpc) is 2.75. The molecule has 1 aliphatic heterocycles. The number of carbonyl (C=O) groups excluding carboxylic acids is 1. The quantitative estimate of drug-likeness (QED) is 0.601. The van der Waals surface area contributed by atoms with Crippen molar-refractivity contribution in [3.8, 4) is 0 Å². The van der Waals surface area contributed by atoms with Crippen LogP contribution in [0.3, 0.4) is 0 Å². The first-order chi connectivity index (χ1) is 15.1. The van der Waals surface area contributed by atoms with E-state index in [0.717, 1.165) is 17.1 Å². The second-order valence-electron chi connectivity index (χ2n) is 7.84. The maximum Gasteiger partial charge on any atom is 0.416 e. The van der Waals surface area contributed by atoms with Gasteiger partial charge in [-0.3, -0.25) is 4.79 Å². The molecule has 1 amide bonds. The molecule has 3 aromatic rings. The van der Waals surface area contributed by atoms with Crippen molar-refractivity contribution in [3.05, 3.63) is 59.3 Å². The van der Waals surface area contributed by atoms with E-state index in [1.807, 2.05) is 23.1 Å². The van der Waals surface area contributed by atoms with Crippen LogP contribution < -0.4 is 16.0 Å². The van der Waals surface area contributed by atoms with Gasteiger partial charge < -0.3 is 20.9 Å². The Hall–Kier alpha value is -3.40. The summed E-state index contributed by atoms with van der Waals surface area (Å²) in [6, 6.07) is 9.59. The Balaban J connectivity index is 1.66. The molecular formula is C22H23F3N6O. The topological polar surface area (TPSA) is 87.4 Å². The Kier molecular flexibility index (Phi) is 5.64. The second kappa shape index (κ2) is 8.27. The predicted octanol–water partition coefficient (Wildman–Crippen LogP) is 3.30. The fourth-order valence-electron chi connectivity index (χ4n) is 3.87. The lowest BCUT2D eigenvalue weighted by atomic mass is 10.00. The van der Waals surface area contributed by atoms with Gasteiger partial charge in [-0.1, -0.05) is 18.2 Å². The zero-order valence-electron chi connectivity index (χ0n) is 17.6. The molecule has 168 valence electrons. The van der Waals surface area contributed by atoms with E-state index in [-0.39, 0.29) is 18.0 Å². The summed E-state index contributed by atoms with van der Waals surface area (Å²) in [7, 11) is 1.77. The van der Waals surface area contributed by atoms with Crippen molar-refractivity contribution >= 4 is 28.2 Å². The third-order valence-electron chi connectivity index (χ3n) is 5.78. The molecule has 0 spiro atoms. The lowest BCUT2D eigenvalue weighted by Gasteiger charge is -2.33. The van der Waals surface area contributed by atoms with Crippen LogP contribution in [0.15, 0.2) is 42.6 Å². The maximum absolute atomic E-state index is 13.3. The molecule has 0 bridgehead atoms. The zero-order chi connectivity index (χ0) is 23.0. The first-order valence-corrected chi connectivity index (χ1v) is 10.1. The molecule has 3 N–H and O–H groups in total. The van der Waals surface area contributed by atoms with Crippen molar-refractivity contribution in [1.29, 1.82) is 0 Å². The lowest BCUT2D eigenvalue weighted by molar-refractivity contribution is -0.138.